The van der Waals surface area contributed by atoms with Gasteiger partial charge in [0.1, 0.15) is 5.03 Å². The molecule has 3 rings (SSSR count). The van der Waals surface area contributed by atoms with E-state index in [9.17, 15) is 0 Å². The van der Waals surface area contributed by atoms with Crippen LogP contribution in [0.5, 0.6) is 0 Å². The molecule has 0 N–H and O–H groups in total. The second kappa shape index (κ2) is 5.54. The van der Waals surface area contributed by atoms with Crippen molar-refractivity contribution >= 4 is 34.1 Å². The molecule has 2 nitrogen and oxygen atoms in total. The summed E-state index contributed by atoms with van der Waals surface area (Å²) in [6.45, 7) is 0. The molecule has 0 saturated carbocycles. The lowest BCUT2D eigenvalue weighted by molar-refractivity contribution is 1.13. The fourth-order valence-corrected chi connectivity index (χ4v) is 3.00. The summed E-state index contributed by atoms with van der Waals surface area (Å²) < 4.78 is 0. The van der Waals surface area contributed by atoms with Gasteiger partial charge in [-0.15, -0.1) is 0 Å². The topological polar surface area (TPSA) is 36.7 Å². The second-order valence-corrected chi connectivity index (χ2v) is 5.68. The number of halogens is 1. The molecule has 1 aromatic heterocycles. The van der Waals surface area contributed by atoms with E-state index in [1.165, 1.54) is 0 Å². The lowest BCUT2D eigenvalue weighted by atomic mass is 10.1. The fourth-order valence-electron chi connectivity index (χ4n) is 1.99. The zero-order valence-corrected chi connectivity index (χ0v) is 11.9. The van der Waals surface area contributed by atoms with Crippen LogP contribution < -0.4 is 0 Å². The average molecular weight is 297 g/mol. The summed E-state index contributed by atoms with van der Waals surface area (Å²) >= 11 is 7.41. The van der Waals surface area contributed by atoms with Crippen molar-refractivity contribution in [2.75, 3.05) is 0 Å². The van der Waals surface area contributed by atoms with E-state index in [-0.39, 0.29) is 0 Å². The van der Waals surface area contributed by atoms with Crippen LogP contribution in [0.15, 0.2) is 64.6 Å². The smallest absolute Gasteiger partial charge is 0.101 e. The molecule has 0 unspecified atom stereocenters. The first-order valence-electron chi connectivity index (χ1n) is 5.99. The minimum Gasteiger partial charge on any atom is -0.248 e. The van der Waals surface area contributed by atoms with Gasteiger partial charge >= 0.3 is 0 Å². The van der Waals surface area contributed by atoms with Crippen molar-refractivity contribution in [3.05, 3.63) is 65.3 Å². The first-order valence-corrected chi connectivity index (χ1v) is 7.18. The van der Waals surface area contributed by atoms with Crippen molar-refractivity contribution in [1.29, 1.82) is 5.26 Å². The predicted molar refractivity (Wildman–Crippen MR) is 82.0 cm³/mol. The Morgan fingerprint density at radius 2 is 1.80 bits per heavy atom. The summed E-state index contributed by atoms with van der Waals surface area (Å²) in [6.07, 6.45) is 1.63. The van der Waals surface area contributed by atoms with Crippen LogP contribution in [0.1, 0.15) is 5.56 Å². The van der Waals surface area contributed by atoms with E-state index >= 15 is 0 Å². The number of benzene rings is 2. The third kappa shape index (κ3) is 2.49. The molecule has 0 saturated heterocycles. The first kappa shape index (κ1) is 13.0. The number of pyridine rings is 1. The van der Waals surface area contributed by atoms with Gasteiger partial charge in [-0.05, 0) is 29.7 Å². The molecule has 3 aromatic rings. The van der Waals surface area contributed by atoms with Crippen LogP contribution in [0.4, 0.5) is 0 Å². The number of hydrogen-bond acceptors (Lipinski definition) is 3. The van der Waals surface area contributed by atoms with Gasteiger partial charge in [0, 0.05) is 16.5 Å². The summed E-state index contributed by atoms with van der Waals surface area (Å²) in [5, 5.41) is 12.7. The normalized spacial score (nSPS) is 10.4. The summed E-state index contributed by atoms with van der Waals surface area (Å²) in [4.78, 5) is 5.37. The third-order valence-corrected chi connectivity index (χ3v) is 4.17. The highest BCUT2D eigenvalue weighted by molar-refractivity contribution is 7.99. The second-order valence-electron chi connectivity index (χ2n) is 4.19. The minimum atomic E-state index is 0.624. The number of nitrogens with zero attached hydrogens (tertiary/aromatic N) is 2. The molecule has 0 aliphatic carbocycles. The van der Waals surface area contributed by atoms with Gasteiger partial charge in [0.15, 0.2) is 0 Å². The molecular formula is C16H9ClN2S. The number of hydrogen-bond donors (Lipinski definition) is 0. The molecule has 0 radical (unpaired) electrons. The van der Waals surface area contributed by atoms with E-state index in [0.717, 1.165) is 20.7 Å². The molecule has 0 fully saturated rings. The maximum absolute atomic E-state index is 9.16. The Morgan fingerprint density at radius 1 is 1.00 bits per heavy atom. The molecule has 20 heavy (non-hydrogen) atoms. The van der Waals surface area contributed by atoms with E-state index in [1.807, 2.05) is 48.5 Å². The molecule has 0 amide bonds. The van der Waals surface area contributed by atoms with E-state index in [4.69, 9.17) is 16.9 Å². The monoisotopic (exact) mass is 296 g/mol. The number of rotatable bonds is 2. The van der Waals surface area contributed by atoms with Crippen molar-refractivity contribution in [2.45, 2.75) is 9.92 Å². The van der Waals surface area contributed by atoms with Crippen molar-refractivity contribution < 1.29 is 0 Å². The van der Waals surface area contributed by atoms with Crippen LogP contribution in [-0.4, -0.2) is 4.98 Å². The van der Waals surface area contributed by atoms with Crippen molar-refractivity contribution in [3.63, 3.8) is 0 Å². The van der Waals surface area contributed by atoms with Gasteiger partial charge in [0.05, 0.1) is 16.7 Å². The summed E-state index contributed by atoms with van der Waals surface area (Å²) in [5.41, 5.74) is 0.689. The van der Waals surface area contributed by atoms with Crippen LogP contribution in [0.2, 0.25) is 5.02 Å². The standard InChI is InChI=1S/C16H9ClN2S/c17-12-6-8-16(19-10-12)20-15-7-5-11(9-18)13-3-1-2-4-14(13)15/h1-8,10H. The van der Waals surface area contributed by atoms with Crippen LogP contribution >= 0.6 is 23.4 Å². The summed E-state index contributed by atoms with van der Waals surface area (Å²) in [5.74, 6) is 0. The number of nitriles is 1. The zero-order chi connectivity index (χ0) is 13.9. The van der Waals surface area contributed by atoms with E-state index in [2.05, 4.69) is 11.1 Å². The highest BCUT2D eigenvalue weighted by atomic mass is 35.5. The summed E-state index contributed by atoms with van der Waals surface area (Å²) in [7, 11) is 0. The molecule has 4 heteroatoms. The molecule has 0 spiro atoms. The molecule has 0 bridgehead atoms. The Balaban J connectivity index is 2.09. The SMILES string of the molecule is N#Cc1ccc(Sc2ccc(Cl)cn2)c2ccccc12. The Labute approximate surface area is 126 Å². The van der Waals surface area contributed by atoms with Crippen molar-refractivity contribution in [1.82, 2.24) is 4.98 Å². The lowest BCUT2D eigenvalue weighted by Gasteiger charge is -2.07. The van der Waals surface area contributed by atoms with Gasteiger partial charge < -0.3 is 0 Å². The van der Waals surface area contributed by atoms with Crippen LogP contribution in [0.25, 0.3) is 10.8 Å². The van der Waals surface area contributed by atoms with Gasteiger partial charge in [-0.1, -0.05) is 47.6 Å². The average Bonchev–Trinajstić information content (AvgIpc) is 2.50. The van der Waals surface area contributed by atoms with Gasteiger partial charge in [0.25, 0.3) is 0 Å². The molecular weight excluding hydrogens is 288 g/mol. The molecule has 96 valence electrons. The minimum absolute atomic E-state index is 0.624. The van der Waals surface area contributed by atoms with Crippen LogP contribution in [0, 0.1) is 11.3 Å². The van der Waals surface area contributed by atoms with Crippen LogP contribution in [-0.2, 0) is 0 Å². The zero-order valence-electron chi connectivity index (χ0n) is 10.4. The molecule has 0 atom stereocenters. The van der Waals surface area contributed by atoms with Crippen molar-refractivity contribution in [2.24, 2.45) is 0 Å². The van der Waals surface area contributed by atoms with Gasteiger partial charge in [-0.25, -0.2) is 4.98 Å². The highest BCUT2D eigenvalue weighted by Crippen LogP contribution is 2.34. The highest BCUT2D eigenvalue weighted by Gasteiger charge is 2.07. The predicted octanol–water partition coefficient (Wildman–Crippen LogP) is 4.91. The summed E-state index contributed by atoms with van der Waals surface area (Å²) in [6, 6.07) is 17.7. The molecule has 0 aliphatic rings. The van der Waals surface area contributed by atoms with Crippen molar-refractivity contribution in [3.8, 4) is 6.07 Å². The number of fused-ring (bicyclic) bond motifs is 1. The van der Waals surface area contributed by atoms with Gasteiger partial charge in [-0.3, -0.25) is 0 Å². The Hall–Kier alpha value is -2.02. The Morgan fingerprint density at radius 3 is 2.50 bits per heavy atom. The largest absolute Gasteiger partial charge is 0.248 e. The molecule has 2 aromatic carbocycles. The Kier molecular flexibility index (Phi) is 3.60. The van der Waals surface area contributed by atoms with Gasteiger partial charge in [-0.2, -0.15) is 5.26 Å². The first-order chi connectivity index (χ1) is 9.78. The quantitative estimate of drug-likeness (QED) is 0.674. The van der Waals surface area contributed by atoms with Crippen LogP contribution in [0.3, 0.4) is 0 Å². The third-order valence-electron chi connectivity index (χ3n) is 2.92. The maximum atomic E-state index is 9.16. The van der Waals surface area contributed by atoms with E-state index in [1.54, 1.807) is 18.0 Å². The molecule has 0 aliphatic heterocycles. The maximum Gasteiger partial charge on any atom is 0.101 e. The Bertz CT molecular complexity index is 807. The fraction of sp³-hybridized carbons (Fsp3) is 0. The van der Waals surface area contributed by atoms with E-state index in [0.29, 0.717) is 10.6 Å². The number of aromatic nitrogens is 1. The molecule has 1 heterocycles. The van der Waals surface area contributed by atoms with Gasteiger partial charge in [0.2, 0.25) is 0 Å². The lowest BCUT2D eigenvalue weighted by Crippen LogP contribution is -1.84. The van der Waals surface area contributed by atoms with E-state index < -0.39 is 0 Å².